The van der Waals surface area contributed by atoms with Crippen molar-refractivity contribution >= 4 is 38.1 Å². The molecule has 2 aromatic carbocycles. The normalized spacial score (nSPS) is 11.7. The molecule has 0 radical (unpaired) electrons. The molecule has 20 heavy (non-hydrogen) atoms. The maximum Gasteiger partial charge on any atom is 0.204 e. The lowest BCUT2D eigenvalue weighted by molar-refractivity contribution is 0.350. The topological polar surface area (TPSA) is 36.9 Å². The van der Waals surface area contributed by atoms with Gasteiger partial charge in [-0.25, -0.2) is 0 Å². The second kappa shape index (κ2) is 7.42. The quantitative estimate of drug-likeness (QED) is 0.767. The van der Waals surface area contributed by atoms with Crippen LogP contribution in [0.25, 0.3) is 10.8 Å². The van der Waals surface area contributed by atoms with Crippen molar-refractivity contribution in [2.24, 2.45) is 0 Å². The molecule has 0 atom stereocenters. The van der Waals surface area contributed by atoms with Crippen LogP contribution in [0, 0.1) is 0 Å². The highest BCUT2D eigenvalue weighted by molar-refractivity contribution is 7.56. The highest BCUT2D eigenvalue weighted by Gasteiger charge is 2.13. The van der Waals surface area contributed by atoms with Gasteiger partial charge in [0.05, 0.1) is 0 Å². The third-order valence-electron chi connectivity index (χ3n) is 2.89. The molecule has 0 aromatic heterocycles. The predicted octanol–water partition coefficient (Wildman–Crippen LogP) is 3.30. The van der Waals surface area contributed by atoms with Crippen molar-refractivity contribution in [2.75, 3.05) is 28.4 Å². The highest BCUT2D eigenvalue weighted by atomic mass is 31.2. The van der Waals surface area contributed by atoms with Crippen molar-refractivity contribution < 1.29 is 18.1 Å². The van der Waals surface area contributed by atoms with Crippen LogP contribution in [0.4, 0.5) is 0 Å². The van der Waals surface area contributed by atoms with Crippen LogP contribution in [0.3, 0.4) is 0 Å². The zero-order valence-corrected chi connectivity index (χ0v) is 13.8. The van der Waals surface area contributed by atoms with E-state index in [0.717, 1.165) is 21.4 Å². The predicted molar refractivity (Wildman–Crippen MR) is 85.1 cm³/mol. The maximum absolute atomic E-state index is 5.34. The molecule has 6 heteroatoms. The first-order valence-corrected chi connectivity index (χ1v) is 8.39. The summed E-state index contributed by atoms with van der Waals surface area (Å²) in [7, 11) is 4.65. The Bertz CT molecular complexity index is 517. The minimum Gasteiger partial charge on any atom is -0.334 e. The zero-order valence-electron chi connectivity index (χ0n) is 12.0. The van der Waals surface area contributed by atoms with Crippen molar-refractivity contribution in [1.29, 1.82) is 0 Å². The Hall–Kier alpha value is -0.600. The minimum atomic E-state index is -0.996. The van der Waals surface area contributed by atoms with Gasteiger partial charge in [0.15, 0.2) is 0 Å². The summed E-state index contributed by atoms with van der Waals surface area (Å²) in [6, 6.07) is 12.4. The van der Waals surface area contributed by atoms with Crippen LogP contribution in [0.5, 0.6) is 0 Å². The van der Waals surface area contributed by atoms with Crippen LogP contribution in [0.15, 0.2) is 36.4 Å². The van der Waals surface area contributed by atoms with Crippen LogP contribution < -0.4 is 10.6 Å². The average Bonchev–Trinajstić information content (AvgIpc) is 2.49. The molecule has 0 spiro atoms. The summed E-state index contributed by atoms with van der Waals surface area (Å²) < 4.78 is 21.3. The number of fused-ring (bicyclic) bond motifs is 1. The van der Waals surface area contributed by atoms with E-state index in [4.69, 9.17) is 18.1 Å². The van der Waals surface area contributed by atoms with Gasteiger partial charge in [-0.05, 0) is 35.0 Å². The van der Waals surface area contributed by atoms with E-state index in [-0.39, 0.29) is 0 Å². The first kappa shape index (κ1) is 15.8. The third kappa shape index (κ3) is 3.35. The Morgan fingerprint density at radius 3 is 1.25 bits per heavy atom. The number of benzene rings is 2. The molecule has 0 aliphatic carbocycles. The molecule has 0 fully saturated rings. The van der Waals surface area contributed by atoms with E-state index >= 15 is 0 Å². The summed E-state index contributed by atoms with van der Waals surface area (Å²) >= 11 is 0. The van der Waals surface area contributed by atoms with E-state index in [0.29, 0.717) is 0 Å². The minimum absolute atomic E-state index is 0.996. The maximum atomic E-state index is 5.34. The Morgan fingerprint density at radius 2 is 0.950 bits per heavy atom. The Labute approximate surface area is 121 Å². The van der Waals surface area contributed by atoms with Gasteiger partial charge in [-0.1, -0.05) is 12.1 Å². The zero-order chi connectivity index (χ0) is 14.5. The van der Waals surface area contributed by atoms with E-state index in [1.165, 1.54) is 0 Å². The van der Waals surface area contributed by atoms with Crippen LogP contribution in [-0.2, 0) is 18.1 Å². The fourth-order valence-electron chi connectivity index (χ4n) is 2.02. The largest absolute Gasteiger partial charge is 0.334 e. The summed E-state index contributed by atoms with van der Waals surface area (Å²) in [5.41, 5.74) is 0. The standard InChI is InChI=1S/C14H18O4P2/c1-15-19(16-2)13-7-5-12-10-14(20(17-3)18-4)8-6-11(12)9-13/h5-10H,1-4H3. The van der Waals surface area contributed by atoms with Crippen LogP contribution >= 0.6 is 16.8 Å². The smallest absolute Gasteiger partial charge is 0.204 e. The Kier molecular flexibility index (Phi) is 5.86. The van der Waals surface area contributed by atoms with Crippen molar-refractivity contribution in [1.82, 2.24) is 0 Å². The van der Waals surface area contributed by atoms with Crippen molar-refractivity contribution in [3.63, 3.8) is 0 Å². The number of hydrogen-bond donors (Lipinski definition) is 0. The molecule has 0 aliphatic heterocycles. The van der Waals surface area contributed by atoms with Crippen molar-refractivity contribution in [2.45, 2.75) is 0 Å². The van der Waals surface area contributed by atoms with Gasteiger partial charge in [0.2, 0.25) is 16.8 Å². The second-order valence-electron chi connectivity index (χ2n) is 3.96. The second-order valence-corrected chi connectivity index (χ2v) is 7.48. The van der Waals surface area contributed by atoms with Gasteiger partial charge in [0, 0.05) is 39.0 Å². The van der Waals surface area contributed by atoms with E-state index < -0.39 is 16.8 Å². The SMILES string of the molecule is COP(OC)c1ccc2cc(P(OC)OC)ccc2c1. The van der Waals surface area contributed by atoms with Gasteiger partial charge in [0.25, 0.3) is 0 Å². The van der Waals surface area contributed by atoms with Gasteiger partial charge in [-0.15, -0.1) is 0 Å². The number of hydrogen-bond acceptors (Lipinski definition) is 4. The third-order valence-corrected chi connectivity index (χ3v) is 5.62. The molecule has 0 N–H and O–H groups in total. The first-order valence-electron chi connectivity index (χ1n) is 6.04. The molecule has 0 bridgehead atoms. The molecule has 2 aromatic rings. The van der Waals surface area contributed by atoms with Gasteiger partial charge in [0.1, 0.15) is 0 Å². The van der Waals surface area contributed by atoms with Crippen molar-refractivity contribution in [3.05, 3.63) is 36.4 Å². The van der Waals surface area contributed by atoms with E-state index in [1.807, 2.05) is 12.1 Å². The summed E-state index contributed by atoms with van der Waals surface area (Å²) in [4.78, 5) is 0. The monoisotopic (exact) mass is 312 g/mol. The van der Waals surface area contributed by atoms with Crippen molar-refractivity contribution in [3.8, 4) is 0 Å². The molecule has 0 saturated heterocycles. The summed E-state index contributed by atoms with van der Waals surface area (Å²) in [6.45, 7) is 0. The van der Waals surface area contributed by atoms with E-state index in [9.17, 15) is 0 Å². The molecule has 0 amide bonds. The van der Waals surface area contributed by atoms with Crippen LogP contribution in [-0.4, -0.2) is 28.4 Å². The fourth-order valence-corrected chi connectivity index (χ4v) is 4.04. The molecule has 4 nitrogen and oxygen atoms in total. The molecule has 0 aliphatic rings. The van der Waals surface area contributed by atoms with Gasteiger partial charge in [-0.2, -0.15) is 0 Å². The molecule has 108 valence electrons. The molecule has 2 rings (SSSR count). The lowest BCUT2D eigenvalue weighted by atomic mass is 10.1. The summed E-state index contributed by atoms with van der Waals surface area (Å²) in [5, 5.41) is 4.42. The molecule has 0 heterocycles. The molecule has 0 saturated carbocycles. The van der Waals surface area contributed by atoms with Gasteiger partial charge < -0.3 is 18.1 Å². The lowest BCUT2D eigenvalue weighted by Gasteiger charge is -2.15. The number of rotatable bonds is 6. The van der Waals surface area contributed by atoms with Crippen LogP contribution in [0.2, 0.25) is 0 Å². The Morgan fingerprint density at radius 1 is 0.600 bits per heavy atom. The molecular formula is C14H18O4P2. The van der Waals surface area contributed by atoms with E-state index in [2.05, 4.69) is 24.3 Å². The van der Waals surface area contributed by atoms with E-state index in [1.54, 1.807) is 28.4 Å². The molecule has 0 unspecified atom stereocenters. The Balaban J connectivity index is 2.39. The fraction of sp³-hybridized carbons (Fsp3) is 0.286. The highest BCUT2D eigenvalue weighted by Crippen LogP contribution is 2.37. The first-order chi connectivity index (χ1) is 9.73. The lowest BCUT2D eigenvalue weighted by Crippen LogP contribution is -2.05. The van der Waals surface area contributed by atoms with Gasteiger partial charge >= 0.3 is 0 Å². The summed E-state index contributed by atoms with van der Waals surface area (Å²) in [5.74, 6) is 0. The average molecular weight is 312 g/mol. The molecular weight excluding hydrogens is 294 g/mol. The van der Waals surface area contributed by atoms with Crippen LogP contribution in [0.1, 0.15) is 0 Å². The van der Waals surface area contributed by atoms with Gasteiger partial charge in [-0.3, -0.25) is 0 Å². The summed E-state index contributed by atoms with van der Waals surface area (Å²) in [6.07, 6.45) is 0.